The molecule has 1 saturated carbocycles. The van der Waals surface area contributed by atoms with Gasteiger partial charge in [-0.2, -0.15) is 0 Å². The third-order valence-electron chi connectivity index (χ3n) is 3.57. The molecule has 3 heteroatoms. The summed E-state index contributed by atoms with van der Waals surface area (Å²) < 4.78 is 0. The van der Waals surface area contributed by atoms with Gasteiger partial charge in [-0.1, -0.05) is 18.1 Å². The van der Waals surface area contributed by atoms with Crippen LogP contribution in [0.5, 0.6) is 0 Å². The van der Waals surface area contributed by atoms with Crippen molar-refractivity contribution in [3.8, 4) is 0 Å². The molecule has 2 aliphatic carbocycles. The Hall–Kier alpha value is -0.270. The van der Waals surface area contributed by atoms with Crippen molar-refractivity contribution < 1.29 is 4.79 Å². The van der Waals surface area contributed by atoms with E-state index >= 15 is 0 Å². The van der Waals surface area contributed by atoms with E-state index in [4.69, 9.17) is 23.2 Å². The average Bonchev–Trinajstić information content (AvgIpc) is 2.24. The maximum Gasteiger partial charge on any atom is 0.181 e. The second-order valence-corrected chi connectivity index (χ2v) is 5.45. The second kappa shape index (κ2) is 3.95. The summed E-state index contributed by atoms with van der Waals surface area (Å²) in [4.78, 5) is 11.1. The quantitative estimate of drug-likeness (QED) is 0.642. The zero-order valence-electron chi connectivity index (χ0n) is 8.72. The van der Waals surface area contributed by atoms with Crippen LogP contribution in [0.2, 0.25) is 0 Å². The molecule has 15 heavy (non-hydrogen) atoms. The van der Waals surface area contributed by atoms with Crippen LogP contribution >= 0.6 is 23.2 Å². The Morgan fingerprint density at radius 1 is 1.40 bits per heavy atom. The molecule has 0 heterocycles. The van der Waals surface area contributed by atoms with Gasteiger partial charge in [-0.25, -0.2) is 0 Å². The van der Waals surface area contributed by atoms with Gasteiger partial charge in [-0.3, -0.25) is 4.79 Å². The Balaban J connectivity index is 2.50. The Bertz CT molecular complexity index is 355. The monoisotopic (exact) mass is 244 g/mol. The van der Waals surface area contributed by atoms with Crippen molar-refractivity contribution >= 4 is 29.0 Å². The van der Waals surface area contributed by atoms with Gasteiger partial charge >= 0.3 is 0 Å². The molecule has 0 radical (unpaired) electrons. The van der Waals surface area contributed by atoms with Crippen molar-refractivity contribution in [1.29, 1.82) is 0 Å². The molecule has 1 nitrogen and oxygen atoms in total. The third-order valence-corrected chi connectivity index (χ3v) is 4.35. The first-order valence-electron chi connectivity index (χ1n) is 5.30. The number of hydrogen-bond acceptors (Lipinski definition) is 1. The second-order valence-electron chi connectivity index (χ2n) is 4.35. The van der Waals surface area contributed by atoms with Gasteiger partial charge < -0.3 is 0 Å². The van der Waals surface area contributed by atoms with E-state index in [0.717, 1.165) is 36.8 Å². The fraction of sp³-hybridized carbons (Fsp3) is 0.583. The summed E-state index contributed by atoms with van der Waals surface area (Å²) in [6.07, 6.45) is 7.73. The summed E-state index contributed by atoms with van der Waals surface area (Å²) >= 11 is 12.2. The lowest BCUT2D eigenvalue weighted by Gasteiger charge is -2.41. The fourth-order valence-electron chi connectivity index (χ4n) is 2.64. The standard InChI is InChI=1S/C12H14Cl2O/c1-8-9-4-2-3-6-12(9,11(13)14)7-5-10(8)15/h5,7,11H,2-4,6H2,1H3. The number of carbonyl (C=O) groups is 1. The lowest BCUT2D eigenvalue weighted by atomic mass is 9.67. The average molecular weight is 245 g/mol. The summed E-state index contributed by atoms with van der Waals surface area (Å²) in [5, 5.41) is 0. The highest BCUT2D eigenvalue weighted by Crippen LogP contribution is 2.51. The lowest BCUT2D eigenvalue weighted by Crippen LogP contribution is -2.35. The molecule has 0 N–H and O–H groups in total. The normalized spacial score (nSPS) is 31.1. The van der Waals surface area contributed by atoms with Gasteiger partial charge in [0.15, 0.2) is 5.78 Å². The number of fused-ring (bicyclic) bond motifs is 1. The molecule has 1 fully saturated rings. The van der Waals surface area contributed by atoms with Crippen LogP contribution in [-0.4, -0.2) is 10.6 Å². The fourth-order valence-corrected chi connectivity index (χ4v) is 3.26. The van der Waals surface area contributed by atoms with Crippen LogP contribution in [0.15, 0.2) is 23.3 Å². The van der Waals surface area contributed by atoms with Gasteiger partial charge in [0.1, 0.15) is 4.84 Å². The van der Waals surface area contributed by atoms with Gasteiger partial charge in [-0.05, 0) is 37.8 Å². The molecule has 0 aliphatic heterocycles. The highest BCUT2D eigenvalue weighted by Gasteiger charge is 2.43. The number of allylic oxidation sites excluding steroid dienone is 4. The summed E-state index contributed by atoms with van der Waals surface area (Å²) in [7, 11) is 0. The van der Waals surface area contributed by atoms with Crippen LogP contribution in [0.25, 0.3) is 0 Å². The molecule has 0 saturated heterocycles. The Kier molecular flexibility index (Phi) is 2.96. The Morgan fingerprint density at radius 2 is 2.13 bits per heavy atom. The number of halogens is 2. The first kappa shape index (κ1) is 11.2. The maximum absolute atomic E-state index is 11.6. The molecule has 2 aliphatic rings. The van der Waals surface area contributed by atoms with E-state index in [1.54, 1.807) is 6.08 Å². The SMILES string of the molecule is CC1=C2CCCCC2(C(Cl)Cl)C=CC1=O. The topological polar surface area (TPSA) is 17.1 Å². The molecule has 0 amide bonds. The van der Waals surface area contributed by atoms with Crippen LogP contribution in [-0.2, 0) is 4.79 Å². The smallest absolute Gasteiger partial charge is 0.181 e. The van der Waals surface area contributed by atoms with E-state index in [9.17, 15) is 4.79 Å². The largest absolute Gasteiger partial charge is 0.290 e. The third kappa shape index (κ3) is 1.66. The maximum atomic E-state index is 11.6. The van der Waals surface area contributed by atoms with Crippen LogP contribution < -0.4 is 0 Å². The van der Waals surface area contributed by atoms with Crippen LogP contribution in [0.4, 0.5) is 0 Å². The summed E-state index contributed by atoms with van der Waals surface area (Å²) in [6.45, 7) is 1.89. The van der Waals surface area contributed by atoms with E-state index in [2.05, 4.69) is 0 Å². The highest BCUT2D eigenvalue weighted by atomic mass is 35.5. The minimum absolute atomic E-state index is 0.108. The Labute approximate surface area is 100 Å². The number of carbonyl (C=O) groups excluding carboxylic acids is 1. The van der Waals surface area contributed by atoms with Crippen molar-refractivity contribution in [2.45, 2.75) is 37.4 Å². The van der Waals surface area contributed by atoms with Crippen molar-refractivity contribution in [2.24, 2.45) is 5.41 Å². The van der Waals surface area contributed by atoms with Crippen LogP contribution in [0.1, 0.15) is 32.6 Å². The summed E-state index contributed by atoms with van der Waals surface area (Å²) in [5.74, 6) is 0.108. The Morgan fingerprint density at radius 3 is 2.80 bits per heavy atom. The van der Waals surface area contributed by atoms with Crippen molar-refractivity contribution in [1.82, 2.24) is 0 Å². The summed E-state index contributed by atoms with van der Waals surface area (Å²) in [5.41, 5.74) is 1.75. The number of alkyl halides is 2. The molecule has 82 valence electrons. The predicted molar refractivity (Wildman–Crippen MR) is 63.2 cm³/mol. The van der Waals surface area contributed by atoms with Crippen molar-refractivity contribution in [2.75, 3.05) is 0 Å². The van der Waals surface area contributed by atoms with E-state index in [-0.39, 0.29) is 11.2 Å². The van der Waals surface area contributed by atoms with E-state index < -0.39 is 4.84 Å². The van der Waals surface area contributed by atoms with Gasteiger partial charge in [0.05, 0.1) is 0 Å². The molecule has 1 unspecified atom stereocenters. The van der Waals surface area contributed by atoms with Crippen molar-refractivity contribution in [3.63, 3.8) is 0 Å². The zero-order valence-corrected chi connectivity index (χ0v) is 10.2. The molecule has 0 bridgehead atoms. The first-order chi connectivity index (χ1) is 7.08. The van der Waals surface area contributed by atoms with Gasteiger partial charge in [-0.15, -0.1) is 23.2 Å². The van der Waals surface area contributed by atoms with E-state index in [1.165, 1.54) is 0 Å². The van der Waals surface area contributed by atoms with Crippen molar-refractivity contribution in [3.05, 3.63) is 23.3 Å². The first-order valence-corrected chi connectivity index (χ1v) is 6.17. The predicted octanol–water partition coefficient (Wildman–Crippen LogP) is 3.81. The van der Waals surface area contributed by atoms with Gasteiger partial charge in [0.25, 0.3) is 0 Å². The lowest BCUT2D eigenvalue weighted by molar-refractivity contribution is -0.111. The molecule has 0 aromatic rings. The molecule has 0 aromatic carbocycles. The molecule has 2 rings (SSSR count). The number of ketones is 1. The van der Waals surface area contributed by atoms with Crippen LogP contribution in [0.3, 0.4) is 0 Å². The van der Waals surface area contributed by atoms with Gasteiger partial charge in [0, 0.05) is 5.41 Å². The van der Waals surface area contributed by atoms with Crippen LogP contribution in [0, 0.1) is 5.41 Å². The minimum Gasteiger partial charge on any atom is -0.290 e. The molecule has 0 aromatic heterocycles. The highest BCUT2D eigenvalue weighted by molar-refractivity contribution is 6.45. The molecule has 0 spiro atoms. The molecule has 1 atom stereocenters. The van der Waals surface area contributed by atoms with Gasteiger partial charge in [0.2, 0.25) is 0 Å². The minimum atomic E-state index is -0.452. The molecular weight excluding hydrogens is 231 g/mol. The number of rotatable bonds is 1. The zero-order chi connectivity index (χ0) is 11.1. The number of hydrogen-bond donors (Lipinski definition) is 0. The van der Waals surface area contributed by atoms with E-state index in [0.29, 0.717) is 0 Å². The molecular formula is C12H14Cl2O. The summed E-state index contributed by atoms with van der Waals surface area (Å²) in [6, 6.07) is 0. The van der Waals surface area contributed by atoms with E-state index in [1.807, 2.05) is 13.0 Å².